The van der Waals surface area contributed by atoms with Crippen molar-refractivity contribution in [2.24, 2.45) is 5.14 Å². The first-order valence-electron chi connectivity index (χ1n) is 10.1. The Bertz CT molecular complexity index is 1090. The summed E-state index contributed by atoms with van der Waals surface area (Å²) in [6.07, 6.45) is 6.88. The van der Waals surface area contributed by atoms with Gasteiger partial charge < -0.3 is 5.32 Å². The molecule has 3 aromatic rings. The van der Waals surface area contributed by atoms with Gasteiger partial charge in [0.25, 0.3) is 0 Å². The van der Waals surface area contributed by atoms with Gasteiger partial charge in [-0.15, -0.1) is 0 Å². The van der Waals surface area contributed by atoms with Gasteiger partial charge in [-0.2, -0.15) is 0 Å². The second-order valence-corrected chi connectivity index (χ2v) is 9.21. The Morgan fingerprint density at radius 2 is 1.69 bits per heavy atom. The molecule has 1 saturated carbocycles. The lowest BCUT2D eigenvalue weighted by atomic mass is 9.88. The molecule has 1 heterocycles. The van der Waals surface area contributed by atoms with Gasteiger partial charge in [0.2, 0.25) is 10.0 Å². The van der Waals surface area contributed by atoms with Crippen LogP contribution in [0, 0.1) is 0 Å². The van der Waals surface area contributed by atoms with E-state index in [0.29, 0.717) is 12.5 Å². The van der Waals surface area contributed by atoms with Crippen LogP contribution >= 0.6 is 0 Å². The largest absolute Gasteiger partial charge is 0.369 e. The molecule has 4 rings (SSSR count). The van der Waals surface area contributed by atoms with Crippen molar-refractivity contribution in [2.45, 2.75) is 49.3 Å². The monoisotopic (exact) mass is 410 g/mol. The van der Waals surface area contributed by atoms with Crippen molar-refractivity contribution in [3.05, 3.63) is 59.9 Å². The zero-order chi connectivity index (χ0) is 20.3. The molecule has 29 heavy (non-hydrogen) atoms. The van der Waals surface area contributed by atoms with E-state index in [-0.39, 0.29) is 4.90 Å². The Morgan fingerprint density at radius 3 is 2.41 bits per heavy atom. The summed E-state index contributed by atoms with van der Waals surface area (Å²) in [6, 6.07) is 14.8. The van der Waals surface area contributed by atoms with Gasteiger partial charge in [0.15, 0.2) is 0 Å². The standard InChI is InChI=1S/C22H26N4O2S/c23-29(27,28)18-12-10-16(11-13-18)14-15-24-22-19-8-4-5-9-20(19)25-21(26-22)17-6-2-1-3-7-17/h4-5,8-13,17H,1-3,6-7,14-15H2,(H2,23,27,28)(H,24,25,26). The number of primary sulfonamides is 1. The highest BCUT2D eigenvalue weighted by Crippen LogP contribution is 2.32. The molecule has 1 aliphatic carbocycles. The highest BCUT2D eigenvalue weighted by molar-refractivity contribution is 7.89. The minimum absolute atomic E-state index is 0.133. The topological polar surface area (TPSA) is 98.0 Å². The fraction of sp³-hybridized carbons (Fsp3) is 0.364. The Hall–Kier alpha value is -2.51. The molecule has 6 nitrogen and oxygen atoms in total. The lowest BCUT2D eigenvalue weighted by molar-refractivity contribution is 0.430. The van der Waals surface area contributed by atoms with E-state index in [9.17, 15) is 8.42 Å². The summed E-state index contributed by atoms with van der Waals surface area (Å²) >= 11 is 0. The molecule has 0 spiro atoms. The number of para-hydroxylation sites is 1. The average molecular weight is 411 g/mol. The molecule has 0 atom stereocenters. The van der Waals surface area contributed by atoms with Gasteiger partial charge in [-0.3, -0.25) is 0 Å². The van der Waals surface area contributed by atoms with Crippen molar-refractivity contribution in [1.82, 2.24) is 9.97 Å². The number of aromatic nitrogens is 2. The Labute approximate surface area is 171 Å². The van der Waals surface area contributed by atoms with E-state index >= 15 is 0 Å². The third-order valence-corrected chi connectivity index (χ3v) is 6.48. The number of fused-ring (bicyclic) bond motifs is 1. The first-order chi connectivity index (χ1) is 14.0. The van der Waals surface area contributed by atoms with Crippen LogP contribution in [0.15, 0.2) is 53.4 Å². The van der Waals surface area contributed by atoms with E-state index in [4.69, 9.17) is 15.1 Å². The number of nitrogens with two attached hydrogens (primary N) is 1. The van der Waals surface area contributed by atoms with Crippen LogP contribution in [-0.4, -0.2) is 24.9 Å². The molecule has 0 aliphatic heterocycles. The van der Waals surface area contributed by atoms with Crippen LogP contribution in [0.2, 0.25) is 0 Å². The van der Waals surface area contributed by atoms with E-state index in [2.05, 4.69) is 5.32 Å². The summed E-state index contributed by atoms with van der Waals surface area (Å²) in [5.41, 5.74) is 2.01. The summed E-state index contributed by atoms with van der Waals surface area (Å²) < 4.78 is 22.8. The predicted octanol–water partition coefficient (Wildman–Crippen LogP) is 3.98. The van der Waals surface area contributed by atoms with Gasteiger partial charge in [-0.1, -0.05) is 43.5 Å². The fourth-order valence-electron chi connectivity index (χ4n) is 3.94. The van der Waals surface area contributed by atoms with Crippen molar-refractivity contribution < 1.29 is 8.42 Å². The SMILES string of the molecule is NS(=O)(=O)c1ccc(CCNc2nc(C3CCCCC3)nc3ccccc23)cc1. The quantitative estimate of drug-likeness (QED) is 0.640. The second kappa shape index (κ2) is 8.47. The van der Waals surface area contributed by atoms with Gasteiger partial charge in [-0.05, 0) is 49.1 Å². The maximum atomic E-state index is 11.4. The molecule has 0 saturated heterocycles. The van der Waals surface area contributed by atoms with Gasteiger partial charge in [-0.25, -0.2) is 23.5 Å². The number of sulfonamides is 1. The van der Waals surface area contributed by atoms with Crippen molar-refractivity contribution >= 4 is 26.7 Å². The lowest BCUT2D eigenvalue weighted by Crippen LogP contribution is -2.13. The van der Waals surface area contributed by atoms with Crippen molar-refractivity contribution in [1.29, 1.82) is 0 Å². The summed E-state index contributed by atoms with van der Waals surface area (Å²) in [7, 11) is -3.66. The molecule has 1 fully saturated rings. The molecule has 1 aliphatic rings. The van der Waals surface area contributed by atoms with Crippen LogP contribution in [0.25, 0.3) is 10.9 Å². The maximum Gasteiger partial charge on any atom is 0.238 e. The molecular weight excluding hydrogens is 384 g/mol. The highest BCUT2D eigenvalue weighted by atomic mass is 32.2. The fourth-order valence-corrected chi connectivity index (χ4v) is 4.46. The number of hydrogen-bond donors (Lipinski definition) is 2. The third kappa shape index (κ3) is 4.74. The molecule has 0 radical (unpaired) electrons. The van der Waals surface area contributed by atoms with Crippen molar-refractivity contribution in [2.75, 3.05) is 11.9 Å². The summed E-state index contributed by atoms with van der Waals surface area (Å²) in [6.45, 7) is 0.694. The Morgan fingerprint density at radius 1 is 0.966 bits per heavy atom. The molecule has 7 heteroatoms. The van der Waals surface area contributed by atoms with Gasteiger partial charge >= 0.3 is 0 Å². The minimum atomic E-state index is -3.66. The number of rotatable bonds is 6. The third-order valence-electron chi connectivity index (χ3n) is 5.55. The van der Waals surface area contributed by atoms with Crippen LogP contribution in [0.3, 0.4) is 0 Å². The number of anilines is 1. The summed E-state index contributed by atoms with van der Waals surface area (Å²) in [5, 5.41) is 9.65. The molecule has 0 unspecified atom stereocenters. The van der Waals surface area contributed by atoms with Gasteiger partial charge in [0, 0.05) is 17.8 Å². The van der Waals surface area contributed by atoms with E-state index < -0.39 is 10.0 Å². The molecule has 152 valence electrons. The van der Waals surface area contributed by atoms with E-state index in [1.54, 1.807) is 24.3 Å². The van der Waals surface area contributed by atoms with Crippen LogP contribution in [0.1, 0.15) is 49.4 Å². The predicted molar refractivity (Wildman–Crippen MR) is 115 cm³/mol. The number of hydrogen-bond acceptors (Lipinski definition) is 5. The van der Waals surface area contributed by atoms with Crippen LogP contribution in [-0.2, 0) is 16.4 Å². The number of benzene rings is 2. The zero-order valence-corrected chi connectivity index (χ0v) is 17.2. The number of nitrogens with one attached hydrogen (secondary N) is 1. The minimum Gasteiger partial charge on any atom is -0.369 e. The summed E-state index contributed by atoms with van der Waals surface area (Å²) in [4.78, 5) is 9.86. The normalized spacial score (nSPS) is 15.5. The first-order valence-corrected chi connectivity index (χ1v) is 11.7. The molecule has 0 amide bonds. The lowest BCUT2D eigenvalue weighted by Gasteiger charge is -2.21. The molecule has 2 aromatic carbocycles. The smallest absolute Gasteiger partial charge is 0.238 e. The van der Waals surface area contributed by atoms with E-state index in [0.717, 1.165) is 47.4 Å². The Kier molecular flexibility index (Phi) is 5.78. The Balaban J connectivity index is 1.51. The van der Waals surface area contributed by atoms with Crippen LogP contribution in [0.5, 0.6) is 0 Å². The molecule has 3 N–H and O–H groups in total. The first kappa shape index (κ1) is 19.8. The van der Waals surface area contributed by atoms with Crippen molar-refractivity contribution in [3.63, 3.8) is 0 Å². The van der Waals surface area contributed by atoms with Gasteiger partial charge in [0.05, 0.1) is 10.4 Å². The maximum absolute atomic E-state index is 11.4. The number of nitrogens with zero attached hydrogens (tertiary/aromatic N) is 2. The second-order valence-electron chi connectivity index (χ2n) is 7.65. The van der Waals surface area contributed by atoms with E-state index in [1.807, 2.05) is 24.3 Å². The van der Waals surface area contributed by atoms with Gasteiger partial charge in [0.1, 0.15) is 11.6 Å². The molecular formula is C22H26N4O2S. The zero-order valence-electron chi connectivity index (χ0n) is 16.3. The highest BCUT2D eigenvalue weighted by Gasteiger charge is 2.20. The van der Waals surface area contributed by atoms with E-state index in [1.165, 1.54) is 19.3 Å². The average Bonchev–Trinajstić information content (AvgIpc) is 2.74. The summed E-state index contributed by atoms with van der Waals surface area (Å²) in [5.74, 6) is 2.26. The van der Waals surface area contributed by atoms with Crippen LogP contribution in [0.4, 0.5) is 5.82 Å². The molecule has 1 aromatic heterocycles. The van der Waals surface area contributed by atoms with Crippen LogP contribution < -0.4 is 10.5 Å². The molecule has 0 bridgehead atoms. The van der Waals surface area contributed by atoms with Crippen molar-refractivity contribution in [3.8, 4) is 0 Å².